The van der Waals surface area contributed by atoms with Crippen LogP contribution in [0.15, 0.2) is 4.99 Å². The molecule has 3 atom stereocenters. The van der Waals surface area contributed by atoms with E-state index < -0.39 is 0 Å². The second-order valence-corrected chi connectivity index (χ2v) is 5.61. The maximum absolute atomic E-state index is 12.6. The molecule has 5 nitrogen and oxygen atoms in total. The van der Waals surface area contributed by atoms with Crippen molar-refractivity contribution in [1.82, 2.24) is 10.2 Å². The zero-order valence-electron chi connectivity index (χ0n) is 11.4. The highest BCUT2D eigenvalue weighted by Crippen LogP contribution is 2.36. The first-order chi connectivity index (χ1) is 9.17. The summed E-state index contributed by atoms with van der Waals surface area (Å²) in [5.74, 6) is 0.958. The molecule has 0 bridgehead atoms. The summed E-state index contributed by atoms with van der Waals surface area (Å²) in [4.78, 5) is 18.4. The van der Waals surface area contributed by atoms with Crippen LogP contribution in [-0.2, 0) is 17.4 Å². The van der Waals surface area contributed by atoms with Gasteiger partial charge in [-0.1, -0.05) is 6.42 Å². The van der Waals surface area contributed by atoms with Crippen LogP contribution in [0.5, 0.6) is 0 Å². The molecule has 0 aromatic rings. The van der Waals surface area contributed by atoms with Gasteiger partial charge < -0.3 is 10.2 Å². The van der Waals surface area contributed by atoms with Crippen LogP contribution in [0.2, 0.25) is 0 Å². The van der Waals surface area contributed by atoms with Gasteiger partial charge >= 0.3 is 0 Å². The van der Waals surface area contributed by atoms with Crippen LogP contribution in [0.25, 0.3) is 0 Å². The summed E-state index contributed by atoms with van der Waals surface area (Å²) >= 11 is 3.13. The molecule has 19 heavy (non-hydrogen) atoms. The number of amidine groups is 1. The fourth-order valence-electron chi connectivity index (χ4n) is 3.38. The number of carbonyl (C=O) groups is 1. The Hall–Kier alpha value is -0.880. The molecule has 1 heterocycles. The third kappa shape index (κ3) is 3.17. The Balaban J connectivity index is 2.17. The van der Waals surface area contributed by atoms with Crippen molar-refractivity contribution < 1.29 is 4.79 Å². The van der Waals surface area contributed by atoms with Gasteiger partial charge in [-0.25, -0.2) is 0 Å². The van der Waals surface area contributed by atoms with Gasteiger partial charge in [-0.3, -0.25) is 10.2 Å². The van der Waals surface area contributed by atoms with Gasteiger partial charge in [0.2, 0.25) is 11.5 Å². The van der Waals surface area contributed by atoms with Gasteiger partial charge in [-0.15, -0.1) is 0 Å². The Morgan fingerprint density at radius 1 is 1.53 bits per heavy atom. The van der Waals surface area contributed by atoms with E-state index in [-0.39, 0.29) is 17.8 Å². The number of hydrogen-bond donors (Lipinski definition) is 2. The minimum Gasteiger partial charge on any atom is -0.331 e. The van der Waals surface area contributed by atoms with Crippen LogP contribution in [0.1, 0.15) is 32.1 Å². The molecule has 6 heteroatoms. The summed E-state index contributed by atoms with van der Waals surface area (Å²) in [7, 11) is 1.84. The minimum atomic E-state index is -0.106. The number of nitrogens with zero attached hydrogens (tertiary/aromatic N) is 2. The molecule has 106 valence electrons. The molecule has 3 unspecified atom stereocenters. The molecule has 0 spiro atoms. The Bertz CT molecular complexity index is 385. The second-order valence-electron chi connectivity index (χ2n) is 5.35. The summed E-state index contributed by atoms with van der Waals surface area (Å²) < 4.78 is 0. The smallest absolute Gasteiger partial charge is 0.240 e. The van der Waals surface area contributed by atoms with E-state index in [1.54, 1.807) is 0 Å². The lowest BCUT2D eigenvalue weighted by Gasteiger charge is -2.31. The molecule has 0 aromatic heterocycles. The fourth-order valence-corrected chi connectivity index (χ4v) is 3.53. The molecule has 1 saturated heterocycles. The van der Waals surface area contributed by atoms with Crippen molar-refractivity contribution in [3.63, 3.8) is 0 Å². The lowest BCUT2D eigenvalue weighted by molar-refractivity contribution is -0.134. The second kappa shape index (κ2) is 6.52. The van der Waals surface area contributed by atoms with Crippen molar-refractivity contribution in [2.24, 2.45) is 10.9 Å². The molecule has 0 radical (unpaired) electrons. The predicted molar refractivity (Wildman–Crippen MR) is 81.3 cm³/mol. The molecular weight excluding hydrogens is 260 g/mol. The molecule has 0 aromatic carbocycles. The van der Waals surface area contributed by atoms with Gasteiger partial charge in [-0.05, 0) is 38.6 Å². The molecule has 2 fully saturated rings. The molecule has 1 amide bonds. The molecule has 1 aliphatic heterocycles. The third-order valence-corrected chi connectivity index (χ3v) is 4.44. The van der Waals surface area contributed by atoms with Crippen LogP contribution in [0, 0.1) is 11.3 Å². The summed E-state index contributed by atoms with van der Waals surface area (Å²) in [5.41, 5.74) is 1.42. The number of hydrogen-bond acceptors (Lipinski definition) is 3. The van der Waals surface area contributed by atoms with Crippen LogP contribution >= 0.6 is 0 Å². The summed E-state index contributed by atoms with van der Waals surface area (Å²) in [6, 6.07) is 0.196. The van der Waals surface area contributed by atoms with Crippen molar-refractivity contribution in [1.29, 1.82) is 5.41 Å². The van der Waals surface area contributed by atoms with Gasteiger partial charge in [0.1, 0.15) is 5.84 Å². The third-order valence-electron chi connectivity index (χ3n) is 4.32. The van der Waals surface area contributed by atoms with Crippen molar-refractivity contribution in [2.75, 3.05) is 13.6 Å². The maximum atomic E-state index is 12.6. The maximum Gasteiger partial charge on any atom is 0.240 e. The van der Waals surface area contributed by atoms with E-state index in [0.717, 1.165) is 19.3 Å². The SMILES string of the molecule is CNC1CCC2CCCC2N(CC(=N)N=C[SH2+])C1=O. The summed E-state index contributed by atoms with van der Waals surface area (Å²) in [5, 5.41) is 10.9. The Morgan fingerprint density at radius 2 is 2.32 bits per heavy atom. The van der Waals surface area contributed by atoms with E-state index in [1.807, 2.05) is 11.9 Å². The zero-order valence-corrected chi connectivity index (χ0v) is 12.4. The van der Waals surface area contributed by atoms with Gasteiger partial charge in [0.25, 0.3) is 0 Å². The van der Waals surface area contributed by atoms with Crippen LogP contribution < -0.4 is 5.32 Å². The highest BCUT2D eigenvalue weighted by atomic mass is 32.1. The largest absolute Gasteiger partial charge is 0.331 e. The number of likely N-dealkylation sites (tertiary alicyclic amines) is 1. The van der Waals surface area contributed by atoms with Crippen molar-refractivity contribution in [3.05, 3.63) is 0 Å². The average molecular weight is 283 g/mol. The van der Waals surface area contributed by atoms with Gasteiger partial charge in [0.15, 0.2) is 0 Å². The highest BCUT2D eigenvalue weighted by molar-refractivity contribution is 7.74. The Morgan fingerprint density at radius 3 is 3.00 bits per heavy atom. The first kappa shape index (κ1) is 14.5. The fraction of sp³-hybridized carbons (Fsp3) is 0.769. The van der Waals surface area contributed by atoms with E-state index >= 15 is 0 Å². The molecule has 1 saturated carbocycles. The number of likely N-dealkylation sites (N-methyl/N-ethyl adjacent to an activating group) is 1. The molecule has 2 rings (SSSR count). The number of aliphatic imine (C=N–C) groups is 1. The van der Waals surface area contributed by atoms with E-state index in [1.165, 1.54) is 18.4 Å². The van der Waals surface area contributed by atoms with Gasteiger partial charge in [0.05, 0.1) is 12.6 Å². The number of fused-ring (bicyclic) bond motifs is 1. The lowest BCUT2D eigenvalue weighted by atomic mass is 9.97. The van der Waals surface area contributed by atoms with E-state index in [9.17, 15) is 4.79 Å². The number of carbonyl (C=O) groups excluding carboxylic acids is 1. The van der Waals surface area contributed by atoms with E-state index in [2.05, 4.69) is 22.9 Å². The van der Waals surface area contributed by atoms with Crippen LogP contribution in [0.4, 0.5) is 0 Å². The number of nitrogens with one attached hydrogen (secondary N) is 2. The molecular formula is C13H23N4OS+. The molecule has 2 N–H and O–H groups in total. The minimum absolute atomic E-state index is 0.106. The zero-order chi connectivity index (χ0) is 13.8. The quantitative estimate of drug-likeness (QED) is 0.447. The first-order valence-corrected chi connectivity index (χ1v) is 7.50. The summed E-state index contributed by atoms with van der Waals surface area (Å²) in [6.45, 7) is 0.319. The van der Waals surface area contributed by atoms with Gasteiger partial charge in [-0.2, -0.15) is 4.99 Å². The Kier molecular flexibility index (Phi) is 4.99. The number of rotatable bonds is 3. The van der Waals surface area contributed by atoms with Crippen molar-refractivity contribution in [3.8, 4) is 0 Å². The van der Waals surface area contributed by atoms with Gasteiger partial charge in [0, 0.05) is 18.7 Å². The normalized spacial score (nSPS) is 31.6. The van der Waals surface area contributed by atoms with Crippen LogP contribution in [-0.4, -0.2) is 47.9 Å². The van der Waals surface area contributed by atoms with E-state index in [4.69, 9.17) is 5.41 Å². The summed E-state index contributed by atoms with van der Waals surface area (Å²) in [6.07, 6.45) is 5.48. The highest BCUT2D eigenvalue weighted by Gasteiger charge is 2.40. The first-order valence-electron chi connectivity index (χ1n) is 6.92. The molecule has 1 aliphatic carbocycles. The van der Waals surface area contributed by atoms with Crippen LogP contribution in [0.3, 0.4) is 0 Å². The molecule has 2 aliphatic rings. The topological polar surface area (TPSA) is 68.6 Å². The van der Waals surface area contributed by atoms with E-state index in [0.29, 0.717) is 18.5 Å². The number of amides is 1. The standard InChI is InChI=1S/C13H22N4OS/c1-15-10-6-5-9-3-2-4-11(9)17(13(10)18)7-12(14)16-8-19/h8-11,15H,2-7H2,1H3,(H2,14,16,19)/p+1. The predicted octanol–water partition coefficient (Wildman–Crippen LogP) is 0.383. The lowest BCUT2D eigenvalue weighted by Crippen LogP contribution is -2.49. The monoisotopic (exact) mass is 283 g/mol. The van der Waals surface area contributed by atoms with Crippen molar-refractivity contribution in [2.45, 2.75) is 44.2 Å². The Labute approximate surface area is 119 Å². The average Bonchev–Trinajstić information content (AvgIpc) is 2.80. The van der Waals surface area contributed by atoms with Crippen molar-refractivity contribution >= 4 is 29.9 Å².